The molecule has 2 aromatic heterocycles. The van der Waals surface area contributed by atoms with E-state index in [0.29, 0.717) is 10.6 Å². The predicted molar refractivity (Wildman–Crippen MR) is 125 cm³/mol. The molecular formula is C22H27ClN6O6. The summed E-state index contributed by atoms with van der Waals surface area (Å²) in [4.78, 5) is 24.9. The number of nitrogens with one attached hydrogen (secondary N) is 1. The molecule has 1 aromatic carbocycles. The lowest BCUT2D eigenvalue weighted by atomic mass is 9.99. The number of aliphatic hydroxyl groups is 3. The largest absolute Gasteiger partial charge is 0.442 e. The van der Waals surface area contributed by atoms with E-state index in [9.17, 15) is 20.1 Å². The lowest BCUT2D eigenvalue weighted by Crippen LogP contribution is -2.37. The first-order chi connectivity index (χ1) is 16.5. The van der Waals surface area contributed by atoms with E-state index in [0.717, 1.165) is 5.01 Å². The van der Waals surface area contributed by atoms with E-state index in [4.69, 9.17) is 21.1 Å². The normalized spacial score (nSPS) is 23.3. The first kappa shape index (κ1) is 25.1. The van der Waals surface area contributed by atoms with Gasteiger partial charge < -0.3 is 24.8 Å². The van der Waals surface area contributed by atoms with Crippen LogP contribution in [-0.4, -0.2) is 76.9 Å². The number of aliphatic hydroxyl groups excluding tert-OH is 3. The van der Waals surface area contributed by atoms with E-state index in [1.54, 1.807) is 45.0 Å². The number of aromatic nitrogens is 4. The van der Waals surface area contributed by atoms with Gasteiger partial charge in [-0.3, -0.25) is 9.99 Å². The van der Waals surface area contributed by atoms with E-state index in [2.05, 4.69) is 20.4 Å². The highest BCUT2D eigenvalue weighted by atomic mass is 35.5. The number of hydrazine groups is 1. The highest BCUT2D eigenvalue weighted by Crippen LogP contribution is 2.37. The average molecular weight is 507 g/mol. The second-order valence-electron chi connectivity index (χ2n) is 9.17. The number of fused-ring (bicyclic) bond motifs is 1. The molecule has 13 heteroatoms. The highest BCUT2D eigenvalue weighted by Gasteiger charge is 2.47. The molecule has 1 aliphatic rings. The van der Waals surface area contributed by atoms with Crippen LogP contribution in [0.5, 0.6) is 0 Å². The monoisotopic (exact) mass is 506 g/mol. The van der Waals surface area contributed by atoms with Gasteiger partial charge in [-0.05, 0) is 38.5 Å². The van der Waals surface area contributed by atoms with Crippen LogP contribution in [0.4, 0.5) is 10.6 Å². The van der Waals surface area contributed by atoms with Crippen molar-refractivity contribution < 1.29 is 29.6 Å². The number of rotatable bonds is 5. The number of halogens is 1. The molecule has 0 bridgehead atoms. The number of ether oxygens (including phenoxy) is 2. The topological polar surface area (TPSA) is 155 Å². The molecule has 0 aliphatic carbocycles. The third kappa shape index (κ3) is 5.16. The molecular weight excluding hydrogens is 480 g/mol. The van der Waals surface area contributed by atoms with Crippen molar-refractivity contribution in [1.29, 1.82) is 0 Å². The van der Waals surface area contributed by atoms with Crippen molar-refractivity contribution in [2.24, 2.45) is 0 Å². The Morgan fingerprint density at radius 1 is 1.20 bits per heavy atom. The van der Waals surface area contributed by atoms with Crippen LogP contribution in [0.2, 0.25) is 5.02 Å². The number of imidazole rings is 1. The molecule has 0 spiro atoms. The number of hydrogen-bond donors (Lipinski definition) is 4. The Bertz CT molecular complexity index is 1200. The smallest absolute Gasteiger partial charge is 0.428 e. The van der Waals surface area contributed by atoms with Crippen LogP contribution in [0.15, 0.2) is 36.9 Å². The van der Waals surface area contributed by atoms with Crippen LogP contribution < -0.4 is 5.43 Å². The van der Waals surface area contributed by atoms with Crippen molar-refractivity contribution in [2.45, 2.75) is 57.0 Å². The maximum atomic E-state index is 12.3. The van der Waals surface area contributed by atoms with Gasteiger partial charge in [0.05, 0.1) is 6.33 Å². The Balaban J connectivity index is 1.56. The van der Waals surface area contributed by atoms with Crippen molar-refractivity contribution in [1.82, 2.24) is 24.5 Å². The summed E-state index contributed by atoms with van der Waals surface area (Å²) in [7, 11) is 1.47. The van der Waals surface area contributed by atoms with Gasteiger partial charge in [0.1, 0.15) is 36.3 Å². The molecule has 5 atom stereocenters. The molecule has 4 N–H and O–H groups in total. The first-order valence-corrected chi connectivity index (χ1v) is 11.2. The summed E-state index contributed by atoms with van der Waals surface area (Å²) in [5.74, 6) is 0.216. The number of carbonyl (C=O) groups excluding carboxylic acids is 1. The average Bonchev–Trinajstić information content (AvgIpc) is 3.34. The zero-order valence-corrected chi connectivity index (χ0v) is 20.3. The van der Waals surface area contributed by atoms with Gasteiger partial charge in [-0.25, -0.2) is 24.8 Å². The second kappa shape index (κ2) is 9.55. The summed E-state index contributed by atoms with van der Waals surface area (Å²) in [6, 6.07) is 6.44. The molecule has 35 heavy (non-hydrogen) atoms. The van der Waals surface area contributed by atoms with Crippen molar-refractivity contribution in [3.63, 3.8) is 0 Å². The summed E-state index contributed by atoms with van der Waals surface area (Å²) < 4.78 is 12.6. The Hall–Kier alpha value is -3.03. The maximum Gasteiger partial charge on any atom is 0.428 e. The molecule has 3 heterocycles. The van der Waals surface area contributed by atoms with Gasteiger partial charge in [-0.15, -0.1) is 0 Å². The van der Waals surface area contributed by atoms with Gasteiger partial charge in [-0.2, -0.15) is 0 Å². The fourth-order valence-corrected chi connectivity index (χ4v) is 3.81. The number of hydrogen-bond acceptors (Lipinski definition) is 10. The van der Waals surface area contributed by atoms with Crippen LogP contribution in [0.3, 0.4) is 0 Å². The zero-order valence-electron chi connectivity index (χ0n) is 19.5. The Kier molecular flexibility index (Phi) is 6.84. The van der Waals surface area contributed by atoms with Gasteiger partial charge in [0, 0.05) is 12.1 Å². The molecule has 3 aromatic rings. The van der Waals surface area contributed by atoms with E-state index in [1.807, 2.05) is 0 Å². The second-order valence-corrected chi connectivity index (χ2v) is 9.60. The number of benzene rings is 1. The highest BCUT2D eigenvalue weighted by molar-refractivity contribution is 6.30. The lowest BCUT2D eigenvalue weighted by Gasteiger charge is -2.25. The summed E-state index contributed by atoms with van der Waals surface area (Å²) in [5.41, 5.74) is 3.17. The van der Waals surface area contributed by atoms with Gasteiger partial charge in [0.25, 0.3) is 0 Å². The minimum absolute atomic E-state index is 0.216. The molecule has 0 saturated carbocycles. The maximum absolute atomic E-state index is 12.3. The van der Waals surface area contributed by atoms with Crippen LogP contribution in [0, 0.1) is 0 Å². The third-order valence-corrected chi connectivity index (χ3v) is 5.62. The van der Waals surface area contributed by atoms with Crippen LogP contribution in [0.1, 0.15) is 38.7 Å². The van der Waals surface area contributed by atoms with Gasteiger partial charge in [-0.1, -0.05) is 23.7 Å². The molecule has 1 fully saturated rings. The molecule has 0 radical (unpaired) electrons. The first-order valence-electron chi connectivity index (χ1n) is 10.8. The SMILES string of the molecule is CN(Nc1ncnc2c1ncn2[C@@H]1O[C@H]([C@H](O)c2ccc(Cl)cc2)[C@@H](O)[C@H]1O)C(=O)OC(C)(C)C. The quantitative estimate of drug-likeness (QED) is 0.377. The number of anilines is 1. The molecule has 0 unspecified atom stereocenters. The minimum atomic E-state index is -1.39. The van der Waals surface area contributed by atoms with Crippen LogP contribution in [0.25, 0.3) is 11.2 Å². The van der Waals surface area contributed by atoms with Gasteiger partial charge in [0.2, 0.25) is 0 Å². The van der Waals surface area contributed by atoms with E-state index < -0.39 is 42.3 Å². The van der Waals surface area contributed by atoms with Crippen molar-refractivity contribution in [3.8, 4) is 0 Å². The summed E-state index contributed by atoms with van der Waals surface area (Å²) >= 11 is 5.91. The summed E-state index contributed by atoms with van der Waals surface area (Å²) in [6.07, 6.45) is -4.19. The van der Waals surface area contributed by atoms with Crippen molar-refractivity contribution in [3.05, 3.63) is 47.5 Å². The van der Waals surface area contributed by atoms with Gasteiger partial charge in [0.15, 0.2) is 23.2 Å². The Morgan fingerprint density at radius 2 is 1.89 bits per heavy atom. The fourth-order valence-electron chi connectivity index (χ4n) is 3.68. The number of amides is 1. The molecule has 188 valence electrons. The summed E-state index contributed by atoms with van der Waals surface area (Å²) in [5, 5.41) is 33.7. The number of carbonyl (C=O) groups is 1. The minimum Gasteiger partial charge on any atom is -0.442 e. The van der Waals surface area contributed by atoms with Crippen molar-refractivity contribution >= 4 is 34.7 Å². The molecule has 4 rings (SSSR count). The summed E-state index contributed by atoms with van der Waals surface area (Å²) in [6.45, 7) is 5.26. The third-order valence-electron chi connectivity index (χ3n) is 5.37. The molecule has 1 saturated heterocycles. The van der Waals surface area contributed by atoms with E-state index >= 15 is 0 Å². The lowest BCUT2D eigenvalue weighted by molar-refractivity contribution is -0.0849. The zero-order chi connectivity index (χ0) is 25.5. The van der Waals surface area contributed by atoms with E-state index in [-0.39, 0.29) is 17.0 Å². The van der Waals surface area contributed by atoms with Gasteiger partial charge >= 0.3 is 6.09 Å². The molecule has 1 amide bonds. The van der Waals surface area contributed by atoms with Crippen LogP contribution in [-0.2, 0) is 9.47 Å². The van der Waals surface area contributed by atoms with E-state index in [1.165, 1.54) is 24.3 Å². The molecule has 1 aliphatic heterocycles. The molecule has 12 nitrogen and oxygen atoms in total. The predicted octanol–water partition coefficient (Wildman–Crippen LogP) is 2.03. The standard InChI is InChI=1S/C22H27ClN6O6/c1-22(2,3)35-21(33)28(4)27-18-13-19(25-9-24-18)29(10-26-13)20-16(32)15(31)17(34-20)14(30)11-5-7-12(23)8-6-11/h5-10,14-17,20,30-32H,1-4H3,(H,24,25,27)/t14-,15+,16-,17-,20-/m1/s1. The Morgan fingerprint density at radius 3 is 2.54 bits per heavy atom. The van der Waals surface area contributed by atoms with Crippen LogP contribution >= 0.6 is 11.6 Å². The fraction of sp³-hybridized carbons (Fsp3) is 0.455. The number of nitrogens with zero attached hydrogens (tertiary/aromatic N) is 5. The Labute approximate surface area is 206 Å². The van der Waals surface area contributed by atoms with Crippen molar-refractivity contribution in [2.75, 3.05) is 12.5 Å².